The SMILES string of the molecule is C.C=C[C@H]1[C@H](C)C[C@H](C(C)=O)N1CC. The molecule has 1 rings (SSSR count). The molecule has 0 bridgehead atoms. The predicted octanol–water partition coefficient (Wildman–Crippen LogP) is 2.50. The zero-order valence-corrected chi connectivity index (χ0v) is 8.79. The summed E-state index contributed by atoms with van der Waals surface area (Å²) in [7, 11) is 0. The van der Waals surface area contributed by atoms with Gasteiger partial charge in [-0.05, 0) is 25.8 Å². The summed E-state index contributed by atoms with van der Waals surface area (Å²) < 4.78 is 0. The van der Waals surface area contributed by atoms with Crippen LogP contribution in [-0.2, 0) is 4.79 Å². The molecule has 0 saturated carbocycles. The van der Waals surface area contributed by atoms with E-state index < -0.39 is 0 Å². The van der Waals surface area contributed by atoms with Gasteiger partial charge in [-0.2, -0.15) is 0 Å². The first-order valence-electron chi connectivity index (χ1n) is 5.00. The molecule has 2 nitrogen and oxygen atoms in total. The Hall–Kier alpha value is -0.630. The van der Waals surface area contributed by atoms with Gasteiger partial charge in [0.1, 0.15) is 5.78 Å². The number of nitrogens with zero attached hydrogens (tertiary/aromatic N) is 1. The first kappa shape index (κ1) is 13.4. The van der Waals surface area contributed by atoms with Gasteiger partial charge in [-0.1, -0.05) is 27.4 Å². The third kappa shape index (κ3) is 2.24. The molecule has 1 aliphatic rings. The van der Waals surface area contributed by atoms with Crippen LogP contribution >= 0.6 is 0 Å². The van der Waals surface area contributed by atoms with Gasteiger partial charge in [0.15, 0.2) is 0 Å². The van der Waals surface area contributed by atoms with E-state index in [1.807, 2.05) is 6.08 Å². The van der Waals surface area contributed by atoms with Crippen molar-refractivity contribution >= 4 is 5.78 Å². The number of hydrogen-bond acceptors (Lipinski definition) is 2. The highest BCUT2D eigenvalue weighted by Gasteiger charge is 2.38. The van der Waals surface area contributed by atoms with Crippen molar-refractivity contribution in [1.82, 2.24) is 4.90 Å². The van der Waals surface area contributed by atoms with Crippen LogP contribution in [0, 0.1) is 5.92 Å². The second-order valence-electron chi connectivity index (χ2n) is 3.90. The summed E-state index contributed by atoms with van der Waals surface area (Å²) in [6.45, 7) is 10.7. The predicted molar refractivity (Wildman–Crippen MR) is 61.3 cm³/mol. The van der Waals surface area contributed by atoms with E-state index >= 15 is 0 Å². The van der Waals surface area contributed by atoms with Crippen molar-refractivity contribution in [2.45, 2.75) is 46.7 Å². The van der Waals surface area contributed by atoms with Gasteiger partial charge < -0.3 is 0 Å². The molecule has 0 unspecified atom stereocenters. The fourth-order valence-corrected chi connectivity index (χ4v) is 2.36. The highest BCUT2D eigenvalue weighted by atomic mass is 16.1. The maximum atomic E-state index is 11.3. The van der Waals surface area contributed by atoms with Crippen LogP contribution < -0.4 is 0 Å². The number of hydrogen-bond donors (Lipinski definition) is 0. The molecule has 0 radical (unpaired) electrons. The number of carbonyl (C=O) groups excluding carboxylic acids is 1. The maximum absolute atomic E-state index is 11.3. The van der Waals surface area contributed by atoms with Gasteiger partial charge in [-0.25, -0.2) is 0 Å². The molecule has 1 heterocycles. The summed E-state index contributed by atoms with van der Waals surface area (Å²) in [6.07, 6.45) is 2.96. The van der Waals surface area contributed by atoms with E-state index in [0.29, 0.717) is 12.0 Å². The Morgan fingerprint density at radius 3 is 2.57 bits per heavy atom. The molecule has 0 aromatic carbocycles. The Morgan fingerprint density at radius 1 is 1.64 bits per heavy atom. The molecular weight excluding hydrogens is 174 g/mol. The lowest BCUT2D eigenvalue weighted by Gasteiger charge is -2.26. The molecule has 3 atom stereocenters. The Bertz CT molecular complexity index is 212. The van der Waals surface area contributed by atoms with Gasteiger partial charge in [0.2, 0.25) is 0 Å². The largest absolute Gasteiger partial charge is 0.298 e. The quantitative estimate of drug-likeness (QED) is 0.648. The van der Waals surface area contributed by atoms with Crippen LogP contribution in [-0.4, -0.2) is 29.3 Å². The topological polar surface area (TPSA) is 20.3 Å². The molecule has 14 heavy (non-hydrogen) atoms. The normalized spacial score (nSPS) is 32.4. The molecule has 1 fully saturated rings. The van der Waals surface area contributed by atoms with Gasteiger partial charge >= 0.3 is 0 Å². The molecule has 82 valence electrons. The smallest absolute Gasteiger partial charge is 0.146 e. The first-order chi connectivity index (χ1) is 6.11. The highest BCUT2D eigenvalue weighted by molar-refractivity contribution is 5.81. The Balaban J connectivity index is 0.00000169. The lowest BCUT2D eigenvalue weighted by Crippen LogP contribution is -2.39. The number of likely N-dealkylation sites (N-methyl/N-ethyl adjacent to an activating group) is 1. The second-order valence-corrected chi connectivity index (χ2v) is 3.90. The fraction of sp³-hybridized carbons (Fsp3) is 0.750. The van der Waals surface area contributed by atoms with Crippen LogP contribution in [0.25, 0.3) is 0 Å². The van der Waals surface area contributed by atoms with Gasteiger partial charge in [-0.3, -0.25) is 9.69 Å². The van der Waals surface area contributed by atoms with Crippen LogP contribution in [0.2, 0.25) is 0 Å². The number of rotatable bonds is 3. The highest BCUT2D eigenvalue weighted by Crippen LogP contribution is 2.30. The summed E-state index contributed by atoms with van der Waals surface area (Å²) in [5, 5.41) is 0. The van der Waals surface area contributed by atoms with Gasteiger partial charge in [-0.15, -0.1) is 6.58 Å². The lowest BCUT2D eigenvalue weighted by molar-refractivity contribution is -0.121. The van der Waals surface area contributed by atoms with Crippen LogP contribution in [0.5, 0.6) is 0 Å². The van der Waals surface area contributed by atoms with Gasteiger partial charge in [0.25, 0.3) is 0 Å². The van der Waals surface area contributed by atoms with E-state index in [9.17, 15) is 4.79 Å². The molecule has 0 N–H and O–H groups in total. The molecule has 1 saturated heterocycles. The average molecular weight is 197 g/mol. The van der Waals surface area contributed by atoms with E-state index in [1.54, 1.807) is 6.92 Å². The van der Waals surface area contributed by atoms with Crippen molar-refractivity contribution in [3.8, 4) is 0 Å². The van der Waals surface area contributed by atoms with E-state index in [4.69, 9.17) is 0 Å². The monoisotopic (exact) mass is 197 g/mol. The summed E-state index contributed by atoms with van der Waals surface area (Å²) in [6, 6.07) is 0.516. The molecule has 0 aliphatic carbocycles. The van der Waals surface area contributed by atoms with E-state index in [0.717, 1.165) is 13.0 Å². The van der Waals surface area contributed by atoms with E-state index in [-0.39, 0.29) is 19.3 Å². The first-order valence-corrected chi connectivity index (χ1v) is 5.00. The Kier molecular flexibility index (Phi) is 5.06. The zero-order chi connectivity index (χ0) is 10.0. The molecule has 1 aliphatic heterocycles. The Morgan fingerprint density at radius 2 is 2.21 bits per heavy atom. The third-order valence-electron chi connectivity index (χ3n) is 3.04. The maximum Gasteiger partial charge on any atom is 0.146 e. The summed E-state index contributed by atoms with van der Waals surface area (Å²) in [4.78, 5) is 13.6. The molecule has 0 aromatic rings. The van der Waals surface area contributed by atoms with Crippen molar-refractivity contribution < 1.29 is 4.79 Å². The summed E-state index contributed by atoms with van der Waals surface area (Å²) in [5.74, 6) is 0.851. The average Bonchev–Trinajstić information content (AvgIpc) is 2.41. The van der Waals surface area contributed by atoms with Crippen molar-refractivity contribution in [1.29, 1.82) is 0 Å². The number of Topliss-reactive ketones (excluding diaryl/α,β-unsaturated/α-hetero) is 1. The van der Waals surface area contributed by atoms with Crippen LogP contribution in [0.15, 0.2) is 12.7 Å². The minimum absolute atomic E-state index is 0. The zero-order valence-electron chi connectivity index (χ0n) is 8.79. The molecule has 0 aromatic heterocycles. The van der Waals surface area contributed by atoms with E-state index in [1.165, 1.54) is 0 Å². The second kappa shape index (κ2) is 5.30. The number of ketones is 1. The minimum Gasteiger partial charge on any atom is -0.298 e. The standard InChI is InChI=1S/C11H19NO.CH4/c1-5-10-8(3)7-11(9(4)13)12(10)6-2;/h5,8,10-11H,1,6-7H2,2-4H3;1H4/t8-,10+,11-;/m1./s1. The van der Waals surface area contributed by atoms with Gasteiger partial charge in [0.05, 0.1) is 6.04 Å². The van der Waals surface area contributed by atoms with Crippen LogP contribution in [0.3, 0.4) is 0 Å². The molecule has 2 heteroatoms. The van der Waals surface area contributed by atoms with Gasteiger partial charge in [0, 0.05) is 6.04 Å². The van der Waals surface area contributed by atoms with Crippen molar-refractivity contribution in [2.24, 2.45) is 5.92 Å². The number of likely N-dealkylation sites (tertiary alicyclic amines) is 1. The number of carbonyl (C=O) groups is 1. The van der Waals surface area contributed by atoms with E-state index in [2.05, 4.69) is 25.3 Å². The van der Waals surface area contributed by atoms with Crippen molar-refractivity contribution in [2.75, 3.05) is 6.54 Å². The third-order valence-corrected chi connectivity index (χ3v) is 3.04. The molecule has 0 spiro atoms. The summed E-state index contributed by atoms with van der Waals surface area (Å²) >= 11 is 0. The molecular formula is C12H23NO. The Labute approximate surface area is 88.0 Å². The molecule has 0 amide bonds. The van der Waals surface area contributed by atoms with Crippen LogP contribution in [0.4, 0.5) is 0 Å². The van der Waals surface area contributed by atoms with Crippen LogP contribution in [0.1, 0.15) is 34.6 Å². The minimum atomic E-state index is 0. The van der Waals surface area contributed by atoms with Crippen molar-refractivity contribution in [3.63, 3.8) is 0 Å². The fourth-order valence-electron chi connectivity index (χ4n) is 2.36. The van der Waals surface area contributed by atoms with Crippen molar-refractivity contribution in [3.05, 3.63) is 12.7 Å². The summed E-state index contributed by atoms with van der Waals surface area (Å²) in [5.41, 5.74) is 0. The lowest BCUT2D eigenvalue weighted by atomic mass is 10.0.